The van der Waals surface area contributed by atoms with Gasteiger partial charge in [-0.2, -0.15) is 0 Å². The number of halogens is 3. The Hall–Kier alpha value is -3.21. The van der Waals surface area contributed by atoms with Gasteiger partial charge in [-0.1, -0.05) is 0 Å². The van der Waals surface area contributed by atoms with Crippen LogP contribution in [0.1, 0.15) is 22.6 Å². The van der Waals surface area contributed by atoms with Gasteiger partial charge in [-0.25, -0.2) is 28.1 Å². The lowest BCUT2D eigenvalue weighted by molar-refractivity contribution is 0.102. The molecule has 0 bridgehead atoms. The second-order valence-electron chi connectivity index (χ2n) is 7.55. The predicted molar refractivity (Wildman–Crippen MR) is 109 cm³/mol. The van der Waals surface area contributed by atoms with E-state index >= 15 is 0 Å². The minimum atomic E-state index is -2.36. The van der Waals surface area contributed by atoms with Gasteiger partial charge in [0.2, 0.25) is 0 Å². The third kappa shape index (κ3) is 4.93. The first-order chi connectivity index (χ1) is 14.9. The molecule has 1 aliphatic rings. The Morgan fingerprint density at radius 3 is 2.87 bits per heavy atom. The SMILES string of the molecule is Cc1cn2cc(NC(=O)c3cnc(N4CC[C@@H](CNCC(F)F)C4)cn3)cc(F)c2n1. The second kappa shape index (κ2) is 8.88. The number of amides is 1. The maximum Gasteiger partial charge on any atom is 0.275 e. The first-order valence-corrected chi connectivity index (χ1v) is 9.91. The third-order valence-corrected chi connectivity index (χ3v) is 5.10. The van der Waals surface area contributed by atoms with Gasteiger partial charge in [-0.15, -0.1) is 0 Å². The van der Waals surface area contributed by atoms with Gasteiger partial charge in [0.05, 0.1) is 30.3 Å². The Labute approximate surface area is 176 Å². The van der Waals surface area contributed by atoms with Crippen molar-refractivity contribution in [2.24, 2.45) is 5.92 Å². The van der Waals surface area contributed by atoms with E-state index in [0.29, 0.717) is 24.6 Å². The zero-order chi connectivity index (χ0) is 22.0. The topological polar surface area (TPSA) is 87.5 Å². The van der Waals surface area contributed by atoms with Crippen molar-refractivity contribution in [1.82, 2.24) is 24.7 Å². The number of pyridine rings is 1. The molecule has 31 heavy (non-hydrogen) atoms. The number of imidazole rings is 1. The fourth-order valence-electron chi connectivity index (χ4n) is 3.65. The summed E-state index contributed by atoms with van der Waals surface area (Å²) in [6, 6.07) is 1.20. The van der Waals surface area contributed by atoms with Gasteiger partial charge in [0.25, 0.3) is 12.3 Å². The predicted octanol–water partition coefficient (Wildman–Crippen LogP) is 2.51. The van der Waals surface area contributed by atoms with Gasteiger partial charge in [0.1, 0.15) is 11.5 Å². The van der Waals surface area contributed by atoms with E-state index in [4.69, 9.17) is 0 Å². The molecule has 0 aliphatic carbocycles. The number of nitrogens with zero attached hydrogens (tertiary/aromatic N) is 5. The highest BCUT2D eigenvalue weighted by Gasteiger charge is 2.24. The van der Waals surface area contributed by atoms with Crippen LogP contribution in [0.25, 0.3) is 5.65 Å². The number of fused-ring (bicyclic) bond motifs is 1. The molecule has 1 saturated heterocycles. The molecule has 0 unspecified atom stereocenters. The summed E-state index contributed by atoms with van der Waals surface area (Å²) < 4.78 is 40.2. The number of carbonyl (C=O) groups excluding carboxylic acids is 1. The molecule has 8 nitrogen and oxygen atoms in total. The highest BCUT2D eigenvalue weighted by Crippen LogP contribution is 2.21. The molecule has 11 heteroatoms. The first-order valence-electron chi connectivity index (χ1n) is 9.91. The van der Waals surface area contributed by atoms with Crippen molar-refractivity contribution in [2.45, 2.75) is 19.8 Å². The smallest absolute Gasteiger partial charge is 0.275 e. The monoisotopic (exact) mass is 433 g/mol. The van der Waals surface area contributed by atoms with Crippen molar-refractivity contribution < 1.29 is 18.0 Å². The molecule has 1 amide bonds. The van der Waals surface area contributed by atoms with Gasteiger partial charge < -0.3 is 19.9 Å². The summed E-state index contributed by atoms with van der Waals surface area (Å²) >= 11 is 0. The molecule has 4 heterocycles. The third-order valence-electron chi connectivity index (χ3n) is 5.10. The average molecular weight is 433 g/mol. The van der Waals surface area contributed by atoms with Crippen LogP contribution in [-0.2, 0) is 0 Å². The lowest BCUT2D eigenvalue weighted by Crippen LogP contribution is -2.29. The Morgan fingerprint density at radius 1 is 1.29 bits per heavy atom. The highest BCUT2D eigenvalue weighted by molar-refractivity contribution is 6.02. The number of rotatable bonds is 7. The lowest BCUT2D eigenvalue weighted by Gasteiger charge is -2.17. The number of anilines is 2. The molecule has 1 aliphatic heterocycles. The lowest BCUT2D eigenvalue weighted by atomic mass is 10.1. The molecule has 4 rings (SSSR count). The van der Waals surface area contributed by atoms with E-state index in [9.17, 15) is 18.0 Å². The molecular formula is C20H22F3N7O. The van der Waals surface area contributed by atoms with E-state index in [1.165, 1.54) is 22.9 Å². The Kier molecular flexibility index (Phi) is 6.03. The molecule has 0 radical (unpaired) electrons. The number of alkyl halides is 2. The first kappa shape index (κ1) is 21.0. The van der Waals surface area contributed by atoms with E-state index in [1.54, 1.807) is 19.3 Å². The van der Waals surface area contributed by atoms with Crippen LogP contribution in [0.15, 0.2) is 30.9 Å². The van der Waals surface area contributed by atoms with Gasteiger partial charge in [-0.05, 0) is 25.8 Å². The Morgan fingerprint density at radius 2 is 2.13 bits per heavy atom. The standard InChI is InChI=1S/C20H22F3N7O/c1-12-9-30-11-14(4-15(21)19(30)27-12)28-20(31)16-6-26-18(8-25-16)29-3-2-13(10-29)5-24-7-17(22)23/h4,6,8-9,11,13,17,24H,2-3,5,7,10H2,1H3,(H,28,31)/t13-/m0/s1. The van der Waals surface area contributed by atoms with Gasteiger partial charge in [-0.3, -0.25) is 4.79 Å². The summed E-state index contributed by atoms with van der Waals surface area (Å²) in [7, 11) is 0. The minimum absolute atomic E-state index is 0.0976. The van der Waals surface area contributed by atoms with Crippen LogP contribution in [-0.4, -0.2) is 57.9 Å². The van der Waals surface area contributed by atoms with Crippen LogP contribution in [0.4, 0.5) is 24.7 Å². The number of carbonyl (C=O) groups is 1. The summed E-state index contributed by atoms with van der Waals surface area (Å²) in [5, 5.41) is 5.38. The maximum absolute atomic E-state index is 14.2. The zero-order valence-electron chi connectivity index (χ0n) is 16.9. The maximum atomic E-state index is 14.2. The number of hydrogen-bond donors (Lipinski definition) is 2. The van der Waals surface area contributed by atoms with Crippen LogP contribution in [0.2, 0.25) is 0 Å². The van der Waals surface area contributed by atoms with E-state index in [2.05, 4.69) is 25.6 Å². The largest absolute Gasteiger partial charge is 0.355 e. The van der Waals surface area contributed by atoms with E-state index in [1.807, 2.05) is 4.90 Å². The van der Waals surface area contributed by atoms with E-state index < -0.39 is 18.1 Å². The molecule has 3 aromatic heterocycles. The molecule has 164 valence electrons. The Balaban J connectivity index is 1.36. The number of aromatic nitrogens is 4. The normalized spacial score (nSPS) is 16.4. The van der Waals surface area contributed by atoms with Crippen molar-refractivity contribution in [3.05, 3.63) is 48.1 Å². The van der Waals surface area contributed by atoms with Crippen molar-refractivity contribution in [3.8, 4) is 0 Å². The molecule has 3 aromatic rings. The summed E-state index contributed by atoms with van der Waals surface area (Å²) in [6.45, 7) is 3.39. The summed E-state index contributed by atoms with van der Waals surface area (Å²) in [5.41, 5.74) is 1.23. The Bertz CT molecular complexity index is 1070. The average Bonchev–Trinajstić information content (AvgIpc) is 3.34. The molecule has 1 atom stereocenters. The molecule has 1 fully saturated rings. The van der Waals surface area contributed by atoms with E-state index in [0.717, 1.165) is 13.0 Å². The fraction of sp³-hybridized carbons (Fsp3) is 0.400. The van der Waals surface area contributed by atoms with Crippen molar-refractivity contribution in [2.75, 3.05) is 36.4 Å². The van der Waals surface area contributed by atoms with Crippen LogP contribution < -0.4 is 15.5 Å². The highest BCUT2D eigenvalue weighted by atomic mass is 19.3. The van der Waals surface area contributed by atoms with E-state index in [-0.39, 0.29) is 29.5 Å². The van der Waals surface area contributed by atoms with Gasteiger partial charge in [0, 0.05) is 31.5 Å². The molecule has 2 N–H and O–H groups in total. The molecular weight excluding hydrogens is 411 g/mol. The van der Waals surface area contributed by atoms with Crippen LogP contribution in [0, 0.1) is 18.7 Å². The zero-order valence-corrected chi connectivity index (χ0v) is 16.9. The minimum Gasteiger partial charge on any atom is -0.355 e. The number of nitrogens with one attached hydrogen (secondary N) is 2. The van der Waals surface area contributed by atoms with Gasteiger partial charge >= 0.3 is 0 Å². The number of aryl methyl sites for hydroxylation is 1. The van der Waals surface area contributed by atoms with Crippen LogP contribution in [0.3, 0.4) is 0 Å². The van der Waals surface area contributed by atoms with Crippen molar-refractivity contribution in [1.29, 1.82) is 0 Å². The van der Waals surface area contributed by atoms with Crippen LogP contribution in [0.5, 0.6) is 0 Å². The number of hydrogen-bond acceptors (Lipinski definition) is 6. The summed E-state index contributed by atoms with van der Waals surface area (Å²) in [5.74, 6) is -0.182. The van der Waals surface area contributed by atoms with Crippen molar-refractivity contribution >= 4 is 23.1 Å². The fourth-order valence-corrected chi connectivity index (χ4v) is 3.65. The molecule has 0 saturated carbocycles. The van der Waals surface area contributed by atoms with Crippen molar-refractivity contribution in [3.63, 3.8) is 0 Å². The van der Waals surface area contributed by atoms with Crippen LogP contribution >= 0.6 is 0 Å². The second-order valence-corrected chi connectivity index (χ2v) is 7.55. The summed E-state index contributed by atoms with van der Waals surface area (Å²) in [6.07, 6.45) is 4.61. The quantitative estimate of drug-likeness (QED) is 0.596. The molecule has 0 aromatic carbocycles. The van der Waals surface area contributed by atoms with Gasteiger partial charge in [0.15, 0.2) is 11.5 Å². The summed E-state index contributed by atoms with van der Waals surface area (Å²) in [4.78, 5) is 27.1. The molecule has 0 spiro atoms.